The number of nitrogens with one attached hydrogen (secondary N) is 2. The maximum Gasteiger partial charge on any atom is 0.191 e. The van der Waals surface area contributed by atoms with Crippen LogP contribution in [0.5, 0.6) is 5.75 Å². The standard InChI is InChI=1S/C19H23BrN6O/c1-14(27-16-8-4-3-7-15(16)20)13-23-19(21-2)22-11-10-18-25-24-17-9-5-6-12-26(17)18/h3-9,12,14H,10-11,13H2,1-2H3,(H2,21,22,23). The molecule has 27 heavy (non-hydrogen) atoms. The summed E-state index contributed by atoms with van der Waals surface area (Å²) in [6.07, 6.45) is 2.70. The number of para-hydroxylation sites is 1. The first-order valence-corrected chi connectivity index (χ1v) is 9.61. The second kappa shape index (κ2) is 9.36. The zero-order valence-electron chi connectivity index (χ0n) is 15.4. The third-order valence-electron chi connectivity index (χ3n) is 3.97. The first-order chi connectivity index (χ1) is 13.2. The van der Waals surface area contributed by atoms with Crippen molar-refractivity contribution < 1.29 is 4.74 Å². The molecule has 1 unspecified atom stereocenters. The quantitative estimate of drug-likeness (QED) is 0.445. The summed E-state index contributed by atoms with van der Waals surface area (Å²) in [5.41, 5.74) is 0.855. The van der Waals surface area contributed by atoms with E-state index in [1.165, 1.54) is 0 Å². The van der Waals surface area contributed by atoms with Crippen molar-refractivity contribution in [3.63, 3.8) is 0 Å². The van der Waals surface area contributed by atoms with Crippen LogP contribution >= 0.6 is 15.9 Å². The molecule has 0 aliphatic carbocycles. The van der Waals surface area contributed by atoms with Gasteiger partial charge >= 0.3 is 0 Å². The van der Waals surface area contributed by atoms with Crippen molar-refractivity contribution in [2.45, 2.75) is 19.4 Å². The lowest BCUT2D eigenvalue weighted by molar-refractivity contribution is 0.222. The number of aromatic nitrogens is 3. The molecular weight excluding hydrogens is 408 g/mol. The van der Waals surface area contributed by atoms with Gasteiger partial charge < -0.3 is 15.4 Å². The highest BCUT2D eigenvalue weighted by atomic mass is 79.9. The molecular formula is C19H23BrN6O. The number of guanidine groups is 1. The normalized spacial score (nSPS) is 12.8. The lowest BCUT2D eigenvalue weighted by atomic mass is 10.3. The number of benzene rings is 1. The van der Waals surface area contributed by atoms with E-state index in [0.717, 1.165) is 34.1 Å². The molecule has 1 atom stereocenters. The van der Waals surface area contributed by atoms with Gasteiger partial charge in [-0.15, -0.1) is 10.2 Å². The Morgan fingerprint density at radius 3 is 2.81 bits per heavy atom. The largest absolute Gasteiger partial charge is 0.488 e. The van der Waals surface area contributed by atoms with E-state index in [2.05, 4.69) is 41.8 Å². The number of pyridine rings is 1. The van der Waals surface area contributed by atoms with Crippen LogP contribution in [-0.4, -0.2) is 46.8 Å². The van der Waals surface area contributed by atoms with Crippen LogP contribution in [0.1, 0.15) is 12.7 Å². The number of nitrogens with zero attached hydrogens (tertiary/aromatic N) is 4. The maximum absolute atomic E-state index is 5.94. The van der Waals surface area contributed by atoms with Gasteiger partial charge in [-0.1, -0.05) is 18.2 Å². The summed E-state index contributed by atoms with van der Waals surface area (Å²) in [6.45, 7) is 3.35. The molecule has 0 saturated heterocycles. The van der Waals surface area contributed by atoms with E-state index in [1.54, 1.807) is 7.05 Å². The fourth-order valence-corrected chi connectivity index (χ4v) is 2.99. The number of halogens is 1. The fraction of sp³-hybridized carbons (Fsp3) is 0.316. The fourth-order valence-electron chi connectivity index (χ4n) is 2.61. The van der Waals surface area contributed by atoms with Crippen LogP contribution in [0.4, 0.5) is 0 Å². The Morgan fingerprint density at radius 2 is 2.00 bits per heavy atom. The van der Waals surface area contributed by atoms with Crippen molar-refractivity contribution in [2.75, 3.05) is 20.1 Å². The van der Waals surface area contributed by atoms with Crippen LogP contribution in [-0.2, 0) is 6.42 Å². The number of hydrogen-bond donors (Lipinski definition) is 2. The Kier molecular flexibility index (Phi) is 6.64. The van der Waals surface area contributed by atoms with E-state index in [4.69, 9.17) is 4.74 Å². The summed E-state index contributed by atoms with van der Waals surface area (Å²) in [7, 11) is 1.75. The Labute approximate surface area is 167 Å². The average molecular weight is 431 g/mol. The van der Waals surface area contributed by atoms with E-state index < -0.39 is 0 Å². The van der Waals surface area contributed by atoms with Crippen LogP contribution in [0.15, 0.2) is 58.1 Å². The van der Waals surface area contributed by atoms with Gasteiger partial charge in [0.25, 0.3) is 0 Å². The van der Waals surface area contributed by atoms with Crippen LogP contribution in [0.2, 0.25) is 0 Å². The van der Waals surface area contributed by atoms with E-state index in [9.17, 15) is 0 Å². The topological polar surface area (TPSA) is 75.8 Å². The van der Waals surface area contributed by atoms with Gasteiger partial charge in [-0.3, -0.25) is 9.39 Å². The van der Waals surface area contributed by atoms with Crippen molar-refractivity contribution in [2.24, 2.45) is 4.99 Å². The summed E-state index contributed by atoms with van der Waals surface area (Å²) in [4.78, 5) is 4.25. The van der Waals surface area contributed by atoms with Crippen molar-refractivity contribution >= 4 is 27.5 Å². The first kappa shape index (κ1) is 19.2. The molecule has 1 aromatic carbocycles. The van der Waals surface area contributed by atoms with E-state index in [1.807, 2.05) is 60.0 Å². The molecule has 8 heteroatoms. The molecule has 0 bridgehead atoms. The Morgan fingerprint density at radius 1 is 1.19 bits per heavy atom. The van der Waals surface area contributed by atoms with Gasteiger partial charge in [0.05, 0.1) is 11.0 Å². The lowest BCUT2D eigenvalue weighted by Gasteiger charge is -2.18. The van der Waals surface area contributed by atoms with Gasteiger partial charge in [-0.25, -0.2) is 0 Å². The molecule has 3 aromatic rings. The van der Waals surface area contributed by atoms with Gasteiger partial charge in [0.1, 0.15) is 17.7 Å². The Hall–Kier alpha value is -2.61. The molecule has 0 radical (unpaired) electrons. The molecule has 0 spiro atoms. The number of fused-ring (bicyclic) bond motifs is 1. The zero-order valence-corrected chi connectivity index (χ0v) is 17.0. The monoisotopic (exact) mass is 430 g/mol. The highest BCUT2D eigenvalue weighted by Gasteiger charge is 2.09. The highest BCUT2D eigenvalue weighted by Crippen LogP contribution is 2.24. The van der Waals surface area contributed by atoms with E-state index >= 15 is 0 Å². The minimum Gasteiger partial charge on any atom is -0.488 e. The third kappa shape index (κ3) is 5.19. The van der Waals surface area contributed by atoms with Crippen molar-refractivity contribution in [1.29, 1.82) is 0 Å². The molecule has 0 aliphatic rings. The second-order valence-corrected chi connectivity index (χ2v) is 6.89. The molecule has 142 valence electrons. The van der Waals surface area contributed by atoms with Gasteiger partial charge in [0.15, 0.2) is 11.6 Å². The SMILES string of the molecule is CN=C(NCCc1nnc2ccccn12)NCC(C)Oc1ccccc1Br. The van der Waals surface area contributed by atoms with Crippen LogP contribution in [0.3, 0.4) is 0 Å². The van der Waals surface area contributed by atoms with E-state index in [0.29, 0.717) is 13.1 Å². The first-order valence-electron chi connectivity index (χ1n) is 8.81. The Bertz CT molecular complexity index is 910. The summed E-state index contributed by atoms with van der Waals surface area (Å²) in [5.74, 6) is 2.47. The number of ether oxygens (including phenoxy) is 1. The summed E-state index contributed by atoms with van der Waals surface area (Å²) >= 11 is 3.49. The predicted molar refractivity (Wildman–Crippen MR) is 110 cm³/mol. The molecule has 0 aliphatic heterocycles. The second-order valence-electron chi connectivity index (χ2n) is 6.03. The number of hydrogen-bond acceptors (Lipinski definition) is 4. The van der Waals surface area contributed by atoms with Gasteiger partial charge in [0, 0.05) is 26.2 Å². The van der Waals surface area contributed by atoms with E-state index in [-0.39, 0.29) is 6.10 Å². The van der Waals surface area contributed by atoms with Gasteiger partial charge in [-0.05, 0) is 47.1 Å². The molecule has 0 saturated carbocycles. The van der Waals surface area contributed by atoms with Gasteiger partial charge in [0.2, 0.25) is 0 Å². The van der Waals surface area contributed by atoms with Crippen LogP contribution in [0.25, 0.3) is 5.65 Å². The predicted octanol–water partition coefficient (Wildman–Crippen LogP) is 2.67. The maximum atomic E-state index is 5.94. The third-order valence-corrected chi connectivity index (χ3v) is 4.63. The molecule has 3 rings (SSSR count). The van der Waals surface area contributed by atoms with Crippen molar-refractivity contribution in [3.05, 3.63) is 59.0 Å². The number of rotatable bonds is 7. The molecule has 2 aromatic heterocycles. The zero-order chi connectivity index (χ0) is 19.1. The van der Waals surface area contributed by atoms with Gasteiger partial charge in [-0.2, -0.15) is 0 Å². The molecule has 0 fully saturated rings. The summed E-state index contributed by atoms with van der Waals surface area (Å²) in [6, 6.07) is 13.7. The van der Waals surface area contributed by atoms with Crippen LogP contribution in [0, 0.1) is 0 Å². The summed E-state index contributed by atoms with van der Waals surface area (Å²) in [5, 5.41) is 15.0. The molecule has 7 nitrogen and oxygen atoms in total. The van der Waals surface area contributed by atoms with Crippen molar-refractivity contribution in [1.82, 2.24) is 25.2 Å². The summed E-state index contributed by atoms with van der Waals surface area (Å²) < 4.78 is 8.87. The minimum absolute atomic E-state index is 0.0114. The Balaban J connectivity index is 1.45. The van der Waals surface area contributed by atoms with Crippen molar-refractivity contribution in [3.8, 4) is 5.75 Å². The molecule has 2 N–H and O–H groups in total. The smallest absolute Gasteiger partial charge is 0.191 e. The highest BCUT2D eigenvalue weighted by molar-refractivity contribution is 9.10. The average Bonchev–Trinajstić information content (AvgIpc) is 3.09. The van der Waals surface area contributed by atoms with Crippen LogP contribution < -0.4 is 15.4 Å². The lowest BCUT2D eigenvalue weighted by Crippen LogP contribution is -2.42. The number of aliphatic imine (C=N–C) groups is 1. The molecule has 2 heterocycles. The minimum atomic E-state index is -0.0114. The molecule has 0 amide bonds.